The van der Waals surface area contributed by atoms with Crippen molar-refractivity contribution in [1.82, 2.24) is 10.2 Å². The normalized spacial score (nSPS) is 14.0. The monoisotopic (exact) mass is 364 g/mol. The Bertz CT molecular complexity index is 641. The minimum atomic E-state index is 0.182. The number of carbonyl (C=O) groups excluding carboxylic acids is 1. The molecule has 0 saturated carbocycles. The fraction of sp³-hybridized carbons (Fsp3) is 0.312. The quantitative estimate of drug-likeness (QED) is 0.903. The molecule has 0 fully saturated rings. The van der Waals surface area contributed by atoms with Crippen molar-refractivity contribution < 1.29 is 4.79 Å². The summed E-state index contributed by atoms with van der Waals surface area (Å²) in [4.78, 5) is 15.6. The maximum absolute atomic E-state index is 12.2. The van der Waals surface area contributed by atoms with Crippen LogP contribution in [0.25, 0.3) is 0 Å². The highest BCUT2D eigenvalue weighted by molar-refractivity contribution is 9.10. The van der Waals surface area contributed by atoms with Gasteiger partial charge >= 0.3 is 0 Å². The molecule has 0 radical (unpaired) electrons. The third-order valence-electron chi connectivity index (χ3n) is 3.65. The van der Waals surface area contributed by atoms with Crippen LogP contribution in [0, 0.1) is 0 Å². The number of nitrogens with one attached hydrogen (secondary N) is 1. The van der Waals surface area contributed by atoms with Gasteiger partial charge in [0.2, 0.25) is 5.91 Å². The van der Waals surface area contributed by atoms with Gasteiger partial charge in [0.1, 0.15) is 0 Å². The Morgan fingerprint density at radius 1 is 1.38 bits per heavy atom. The minimum absolute atomic E-state index is 0.182. The van der Waals surface area contributed by atoms with Crippen LogP contribution in [0.5, 0.6) is 0 Å². The number of thiophene rings is 1. The summed E-state index contributed by atoms with van der Waals surface area (Å²) in [6.07, 6.45) is 0.990. The van der Waals surface area contributed by atoms with Crippen LogP contribution in [-0.4, -0.2) is 23.9 Å². The number of rotatable bonds is 4. The van der Waals surface area contributed by atoms with Gasteiger partial charge in [-0.3, -0.25) is 4.79 Å². The van der Waals surface area contributed by atoms with Gasteiger partial charge in [0.25, 0.3) is 0 Å². The first-order valence-corrected chi connectivity index (χ1v) is 8.68. The van der Waals surface area contributed by atoms with Crippen LogP contribution in [0.2, 0.25) is 0 Å². The highest BCUT2D eigenvalue weighted by atomic mass is 79.9. The molecular formula is C16H17BrN2OS. The Labute approximate surface area is 137 Å². The van der Waals surface area contributed by atoms with Crippen molar-refractivity contribution in [1.29, 1.82) is 0 Å². The summed E-state index contributed by atoms with van der Waals surface area (Å²) < 4.78 is 1.06. The van der Waals surface area contributed by atoms with Crippen LogP contribution >= 0.6 is 27.3 Å². The maximum Gasteiger partial charge on any atom is 0.236 e. The molecule has 1 amide bonds. The van der Waals surface area contributed by atoms with E-state index in [1.807, 2.05) is 17.0 Å². The fourth-order valence-electron chi connectivity index (χ4n) is 2.53. The summed E-state index contributed by atoms with van der Waals surface area (Å²) in [6, 6.07) is 10.3. The van der Waals surface area contributed by atoms with Gasteiger partial charge in [-0.05, 0) is 41.1 Å². The number of carbonyl (C=O) groups is 1. The predicted molar refractivity (Wildman–Crippen MR) is 89.3 cm³/mol. The third-order valence-corrected chi connectivity index (χ3v) is 5.17. The highest BCUT2D eigenvalue weighted by Crippen LogP contribution is 2.23. The van der Waals surface area contributed by atoms with Gasteiger partial charge in [0.15, 0.2) is 0 Å². The predicted octanol–water partition coefficient (Wildman–Crippen LogP) is 3.19. The van der Waals surface area contributed by atoms with E-state index in [0.717, 1.165) is 24.0 Å². The molecule has 0 aliphatic carbocycles. The Morgan fingerprint density at radius 2 is 2.29 bits per heavy atom. The zero-order valence-corrected chi connectivity index (χ0v) is 14.0. The molecule has 2 aromatic rings. The molecule has 0 saturated heterocycles. The maximum atomic E-state index is 12.2. The molecule has 21 heavy (non-hydrogen) atoms. The lowest BCUT2D eigenvalue weighted by molar-refractivity contribution is -0.131. The van der Waals surface area contributed by atoms with Crippen LogP contribution < -0.4 is 5.32 Å². The standard InChI is InChI=1S/C16H17BrN2OS/c17-14-3-1-2-12(8-14)9-18-10-16(20)19-6-4-15-13(11-19)5-7-21-15/h1-3,5,7-8,18H,4,6,9-11H2. The lowest BCUT2D eigenvalue weighted by Gasteiger charge is -2.27. The molecule has 1 aromatic carbocycles. The number of halogens is 1. The molecule has 3 rings (SSSR count). The van der Waals surface area contributed by atoms with E-state index in [1.54, 1.807) is 11.3 Å². The molecule has 0 spiro atoms. The molecule has 5 heteroatoms. The topological polar surface area (TPSA) is 32.3 Å². The zero-order chi connectivity index (χ0) is 14.7. The van der Waals surface area contributed by atoms with Crippen molar-refractivity contribution in [2.45, 2.75) is 19.5 Å². The van der Waals surface area contributed by atoms with E-state index in [2.05, 4.69) is 44.8 Å². The van der Waals surface area contributed by atoms with Crippen molar-refractivity contribution in [2.24, 2.45) is 0 Å². The van der Waals surface area contributed by atoms with Crippen molar-refractivity contribution in [3.63, 3.8) is 0 Å². The van der Waals surface area contributed by atoms with Crippen molar-refractivity contribution in [3.05, 3.63) is 56.2 Å². The van der Waals surface area contributed by atoms with E-state index in [-0.39, 0.29) is 5.91 Å². The largest absolute Gasteiger partial charge is 0.337 e. The van der Waals surface area contributed by atoms with E-state index >= 15 is 0 Å². The lowest BCUT2D eigenvalue weighted by Crippen LogP contribution is -2.40. The number of benzene rings is 1. The Kier molecular flexibility index (Phi) is 4.73. The number of nitrogens with zero attached hydrogens (tertiary/aromatic N) is 1. The summed E-state index contributed by atoms with van der Waals surface area (Å²) in [5, 5.41) is 5.35. The Balaban J connectivity index is 1.49. The van der Waals surface area contributed by atoms with E-state index in [1.165, 1.54) is 16.0 Å². The van der Waals surface area contributed by atoms with Gasteiger partial charge in [-0.25, -0.2) is 0 Å². The van der Waals surface area contributed by atoms with Crippen LogP contribution in [0.4, 0.5) is 0 Å². The lowest BCUT2D eigenvalue weighted by atomic mass is 10.1. The van der Waals surface area contributed by atoms with Gasteiger partial charge in [-0.1, -0.05) is 28.1 Å². The summed E-state index contributed by atoms with van der Waals surface area (Å²) in [5.41, 5.74) is 2.49. The molecule has 1 aliphatic heterocycles. The van der Waals surface area contributed by atoms with E-state index in [4.69, 9.17) is 0 Å². The van der Waals surface area contributed by atoms with Crippen LogP contribution in [0.1, 0.15) is 16.0 Å². The molecular weight excluding hydrogens is 348 g/mol. The van der Waals surface area contributed by atoms with Gasteiger partial charge < -0.3 is 10.2 Å². The molecule has 1 aromatic heterocycles. The second-order valence-corrected chi connectivity index (χ2v) is 7.08. The number of fused-ring (bicyclic) bond motifs is 1. The molecule has 3 nitrogen and oxygen atoms in total. The van der Waals surface area contributed by atoms with Crippen LogP contribution in [0.3, 0.4) is 0 Å². The molecule has 0 unspecified atom stereocenters. The average molecular weight is 365 g/mol. The first-order chi connectivity index (χ1) is 10.2. The number of hydrogen-bond acceptors (Lipinski definition) is 3. The average Bonchev–Trinajstić information content (AvgIpc) is 2.94. The SMILES string of the molecule is O=C(CNCc1cccc(Br)c1)N1CCc2sccc2C1. The number of hydrogen-bond donors (Lipinski definition) is 1. The second kappa shape index (κ2) is 6.73. The Morgan fingerprint density at radius 3 is 3.14 bits per heavy atom. The first-order valence-electron chi connectivity index (χ1n) is 7.00. The zero-order valence-electron chi connectivity index (χ0n) is 11.6. The highest BCUT2D eigenvalue weighted by Gasteiger charge is 2.20. The first kappa shape index (κ1) is 14.8. The fourth-order valence-corrected chi connectivity index (χ4v) is 3.87. The molecule has 1 N–H and O–H groups in total. The summed E-state index contributed by atoms with van der Waals surface area (Å²) >= 11 is 5.25. The van der Waals surface area contributed by atoms with Crippen molar-refractivity contribution in [3.8, 4) is 0 Å². The second-order valence-electron chi connectivity index (χ2n) is 5.17. The molecule has 0 bridgehead atoms. The van der Waals surface area contributed by atoms with E-state index < -0.39 is 0 Å². The van der Waals surface area contributed by atoms with Gasteiger partial charge in [0.05, 0.1) is 6.54 Å². The number of amides is 1. The minimum Gasteiger partial charge on any atom is -0.337 e. The summed E-state index contributed by atoms with van der Waals surface area (Å²) in [6.45, 7) is 2.70. The third kappa shape index (κ3) is 3.73. The Hall–Kier alpha value is -1.17. The van der Waals surface area contributed by atoms with Crippen LogP contribution in [-0.2, 0) is 24.3 Å². The van der Waals surface area contributed by atoms with E-state index in [9.17, 15) is 4.79 Å². The van der Waals surface area contributed by atoms with Crippen LogP contribution in [0.15, 0.2) is 40.2 Å². The summed E-state index contributed by atoms with van der Waals surface area (Å²) in [7, 11) is 0. The van der Waals surface area contributed by atoms with Crippen molar-refractivity contribution in [2.75, 3.05) is 13.1 Å². The van der Waals surface area contributed by atoms with Gasteiger partial charge in [0, 0.05) is 29.0 Å². The smallest absolute Gasteiger partial charge is 0.236 e. The van der Waals surface area contributed by atoms with Gasteiger partial charge in [-0.2, -0.15) is 0 Å². The molecule has 0 atom stereocenters. The van der Waals surface area contributed by atoms with Crippen molar-refractivity contribution >= 4 is 33.2 Å². The van der Waals surface area contributed by atoms with E-state index in [0.29, 0.717) is 13.1 Å². The molecule has 110 valence electrons. The molecule has 1 aliphatic rings. The summed E-state index contributed by atoms with van der Waals surface area (Å²) in [5.74, 6) is 0.182. The van der Waals surface area contributed by atoms with Gasteiger partial charge in [-0.15, -0.1) is 11.3 Å². The molecule has 2 heterocycles.